The van der Waals surface area contributed by atoms with Crippen molar-refractivity contribution in [3.05, 3.63) is 24.2 Å². The zero-order chi connectivity index (χ0) is 12.8. The van der Waals surface area contributed by atoms with Gasteiger partial charge in [0.05, 0.1) is 18.8 Å². The first kappa shape index (κ1) is 13.0. The van der Waals surface area contributed by atoms with Crippen LogP contribution in [0.25, 0.3) is 0 Å². The number of amides is 2. The Balaban J connectivity index is 2.32. The molecule has 94 valence electrons. The van der Waals surface area contributed by atoms with Crippen molar-refractivity contribution in [2.45, 2.75) is 19.1 Å². The fraction of sp³-hybridized carbons (Fsp3) is 0.400. The molecule has 0 aliphatic rings. The fourth-order valence-corrected chi connectivity index (χ4v) is 1.13. The van der Waals surface area contributed by atoms with Crippen molar-refractivity contribution in [3.63, 3.8) is 0 Å². The summed E-state index contributed by atoms with van der Waals surface area (Å²) in [7, 11) is 0. The number of aliphatic hydroxyl groups excluding tert-OH is 1. The van der Waals surface area contributed by atoms with Crippen molar-refractivity contribution in [2.75, 3.05) is 6.54 Å². The zero-order valence-corrected chi connectivity index (χ0v) is 9.21. The first-order chi connectivity index (χ1) is 8.00. The first-order valence-electron chi connectivity index (χ1n) is 4.99. The van der Waals surface area contributed by atoms with Gasteiger partial charge in [0.15, 0.2) is 6.10 Å². The molecule has 1 heterocycles. The average Bonchev–Trinajstić information content (AvgIpc) is 2.78. The number of rotatable bonds is 5. The lowest BCUT2D eigenvalue weighted by Crippen LogP contribution is -2.42. The summed E-state index contributed by atoms with van der Waals surface area (Å²) >= 11 is 0. The Morgan fingerprint density at radius 3 is 2.76 bits per heavy atom. The van der Waals surface area contributed by atoms with Crippen LogP contribution in [0.4, 0.5) is 4.79 Å². The molecule has 17 heavy (non-hydrogen) atoms. The molecule has 1 aromatic heterocycles. The summed E-state index contributed by atoms with van der Waals surface area (Å²) in [5.74, 6) is -0.802. The number of aliphatic carboxylic acids is 1. The van der Waals surface area contributed by atoms with Gasteiger partial charge in [0.2, 0.25) is 0 Å². The molecule has 1 rings (SSSR count). The lowest BCUT2D eigenvalue weighted by molar-refractivity contribution is -0.146. The monoisotopic (exact) mass is 242 g/mol. The Hall–Kier alpha value is -2.02. The highest BCUT2D eigenvalue weighted by Gasteiger charge is 2.16. The van der Waals surface area contributed by atoms with Crippen molar-refractivity contribution in [1.82, 2.24) is 10.6 Å². The van der Waals surface area contributed by atoms with Gasteiger partial charge in [-0.2, -0.15) is 0 Å². The van der Waals surface area contributed by atoms with E-state index in [4.69, 9.17) is 14.6 Å². The SMILES string of the molecule is CC(NC(=O)NCC(O)C(=O)O)c1ccco1. The van der Waals surface area contributed by atoms with E-state index in [1.54, 1.807) is 19.1 Å². The number of carbonyl (C=O) groups is 2. The van der Waals surface area contributed by atoms with Gasteiger partial charge in [0.1, 0.15) is 5.76 Å². The maximum atomic E-state index is 11.3. The predicted octanol–water partition coefficient (Wildman–Crippen LogP) is 0.0853. The number of hydrogen-bond donors (Lipinski definition) is 4. The van der Waals surface area contributed by atoms with Crippen molar-refractivity contribution in [3.8, 4) is 0 Å². The van der Waals surface area contributed by atoms with Gasteiger partial charge in [-0.05, 0) is 19.1 Å². The van der Waals surface area contributed by atoms with Crippen LogP contribution in [0.2, 0.25) is 0 Å². The maximum absolute atomic E-state index is 11.3. The Morgan fingerprint density at radius 2 is 2.24 bits per heavy atom. The molecule has 0 fully saturated rings. The highest BCUT2D eigenvalue weighted by Crippen LogP contribution is 2.11. The molecule has 2 amide bonds. The number of carboxylic acids is 1. The highest BCUT2D eigenvalue weighted by atomic mass is 16.4. The van der Waals surface area contributed by atoms with Crippen LogP contribution in [0, 0.1) is 0 Å². The van der Waals surface area contributed by atoms with Gasteiger partial charge in [-0.15, -0.1) is 0 Å². The molecule has 0 spiro atoms. The maximum Gasteiger partial charge on any atom is 0.334 e. The number of nitrogens with one attached hydrogen (secondary N) is 2. The van der Waals surface area contributed by atoms with E-state index < -0.39 is 18.1 Å². The number of furan rings is 1. The standard InChI is InChI=1S/C10H14N2O5/c1-6(8-3-2-4-17-8)12-10(16)11-5-7(13)9(14)15/h2-4,6-7,13H,5H2,1H3,(H,14,15)(H2,11,12,16). The molecule has 0 radical (unpaired) electrons. The van der Waals surface area contributed by atoms with Crippen LogP contribution in [0.1, 0.15) is 18.7 Å². The third-order valence-corrected chi connectivity index (χ3v) is 2.06. The number of aliphatic hydroxyl groups is 1. The van der Waals surface area contributed by atoms with E-state index in [1.807, 2.05) is 0 Å². The molecule has 2 unspecified atom stereocenters. The van der Waals surface area contributed by atoms with Crippen LogP contribution in [0.5, 0.6) is 0 Å². The van der Waals surface area contributed by atoms with Crippen molar-refractivity contribution >= 4 is 12.0 Å². The van der Waals surface area contributed by atoms with E-state index in [9.17, 15) is 9.59 Å². The second-order valence-electron chi connectivity index (χ2n) is 3.45. The van der Waals surface area contributed by atoms with Crippen molar-refractivity contribution in [2.24, 2.45) is 0 Å². The second-order valence-corrected chi connectivity index (χ2v) is 3.45. The molecule has 7 nitrogen and oxygen atoms in total. The minimum Gasteiger partial charge on any atom is -0.479 e. The summed E-state index contributed by atoms with van der Waals surface area (Å²) in [6.07, 6.45) is -0.126. The molecule has 0 aliphatic heterocycles. The van der Waals surface area contributed by atoms with E-state index in [2.05, 4.69) is 10.6 Å². The van der Waals surface area contributed by atoms with Crippen molar-refractivity contribution < 1.29 is 24.2 Å². The van der Waals surface area contributed by atoms with E-state index in [-0.39, 0.29) is 12.6 Å². The van der Waals surface area contributed by atoms with Crippen LogP contribution in [0.15, 0.2) is 22.8 Å². The summed E-state index contributed by atoms with van der Waals surface area (Å²) in [5, 5.41) is 22.1. The van der Waals surface area contributed by atoms with Gasteiger partial charge >= 0.3 is 12.0 Å². The van der Waals surface area contributed by atoms with Crippen LogP contribution >= 0.6 is 0 Å². The first-order valence-corrected chi connectivity index (χ1v) is 4.99. The van der Waals surface area contributed by atoms with Crippen LogP contribution in [0.3, 0.4) is 0 Å². The summed E-state index contributed by atoms with van der Waals surface area (Å²) in [5.41, 5.74) is 0. The quantitative estimate of drug-likeness (QED) is 0.584. The van der Waals surface area contributed by atoms with Gasteiger partial charge < -0.3 is 25.3 Å². The van der Waals surface area contributed by atoms with E-state index in [0.29, 0.717) is 5.76 Å². The van der Waals surface area contributed by atoms with Gasteiger partial charge in [-0.25, -0.2) is 9.59 Å². The molecule has 0 aliphatic carbocycles. The largest absolute Gasteiger partial charge is 0.479 e. The van der Waals surface area contributed by atoms with Gasteiger partial charge in [-0.1, -0.05) is 0 Å². The van der Waals surface area contributed by atoms with Crippen LogP contribution in [-0.2, 0) is 4.79 Å². The molecular weight excluding hydrogens is 228 g/mol. The van der Waals surface area contributed by atoms with Gasteiger partial charge in [0, 0.05) is 0 Å². The van der Waals surface area contributed by atoms with E-state index in [1.165, 1.54) is 6.26 Å². The number of carbonyl (C=O) groups excluding carboxylic acids is 1. The Kier molecular flexibility index (Phi) is 4.53. The molecular formula is C10H14N2O5. The van der Waals surface area contributed by atoms with Crippen molar-refractivity contribution in [1.29, 1.82) is 0 Å². The molecule has 2 atom stereocenters. The molecule has 0 saturated carbocycles. The van der Waals surface area contributed by atoms with E-state index >= 15 is 0 Å². The smallest absolute Gasteiger partial charge is 0.334 e. The Morgan fingerprint density at radius 1 is 1.53 bits per heavy atom. The van der Waals surface area contributed by atoms with E-state index in [0.717, 1.165) is 0 Å². The molecule has 7 heteroatoms. The minimum atomic E-state index is -1.61. The molecule has 0 bridgehead atoms. The molecule has 0 saturated heterocycles. The Bertz CT molecular complexity index is 376. The molecule has 1 aromatic rings. The van der Waals surface area contributed by atoms with Crippen LogP contribution in [-0.4, -0.2) is 34.9 Å². The number of carboxylic acid groups (broad SMARTS) is 1. The summed E-state index contributed by atoms with van der Waals surface area (Å²) in [4.78, 5) is 21.6. The topological polar surface area (TPSA) is 112 Å². The fourth-order valence-electron chi connectivity index (χ4n) is 1.13. The lowest BCUT2D eigenvalue weighted by Gasteiger charge is -2.13. The molecule has 4 N–H and O–H groups in total. The lowest BCUT2D eigenvalue weighted by atomic mass is 10.2. The summed E-state index contributed by atoms with van der Waals surface area (Å²) < 4.78 is 5.07. The number of urea groups is 1. The van der Waals surface area contributed by atoms with Gasteiger partial charge in [-0.3, -0.25) is 0 Å². The Labute approximate surface area is 97.4 Å². The summed E-state index contributed by atoms with van der Waals surface area (Å²) in [6.45, 7) is 1.36. The second kappa shape index (κ2) is 5.90. The molecule has 0 aromatic carbocycles. The average molecular weight is 242 g/mol. The third-order valence-electron chi connectivity index (χ3n) is 2.06. The number of hydrogen-bond acceptors (Lipinski definition) is 4. The third kappa shape index (κ3) is 4.15. The summed E-state index contributed by atoms with van der Waals surface area (Å²) in [6, 6.07) is 2.48. The predicted molar refractivity (Wildman–Crippen MR) is 57.3 cm³/mol. The van der Waals surface area contributed by atoms with Gasteiger partial charge in [0.25, 0.3) is 0 Å². The zero-order valence-electron chi connectivity index (χ0n) is 9.21. The van der Waals surface area contributed by atoms with Crippen LogP contribution < -0.4 is 10.6 Å². The normalized spacial score (nSPS) is 13.8. The minimum absolute atomic E-state index is 0.341. The highest BCUT2D eigenvalue weighted by molar-refractivity contribution is 5.76.